The van der Waals surface area contributed by atoms with Crippen molar-refractivity contribution in [1.82, 2.24) is 0 Å². The fourth-order valence-corrected chi connectivity index (χ4v) is 2.66. The van der Waals surface area contributed by atoms with Gasteiger partial charge in [-0.05, 0) is 48.3 Å². The lowest BCUT2D eigenvalue weighted by Crippen LogP contribution is -2.06. The lowest BCUT2D eigenvalue weighted by Gasteiger charge is -2.22. The van der Waals surface area contributed by atoms with Crippen LogP contribution in [0.15, 0.2) is 18.2 Å². The number of aryl methyl sites for hydroxylation is 1. The van der Waals surface area contributed by atoms with Crippen LogP contribution in [0.1, 0.15) is 61.1 Å². The normalized spacial score (nSPS) is 22.2. The van der Waals surface area contributed by atoms with Crippen molar-refractivity contribution in [2.45, 2.75) is 50.8 Å². The number of hydrogen-bond donors (Lipinski definition) is 0. The smallest absolute Gasteiger partial charge is 0.0588 e. The summed E-state index contributed by atoms with van der Waals surface area (Å²) in [6, 6.07) is 6.90. The molecule has 1 aromatic carbocycles. The first-order valence-corrected chi connectivity index (χ1v) is 6.42. The van der Waals surface area contributed by atoms with Gasteiger partial charge in [0.15, 0.2) is 0 Å². The summed E-state index contributed by atoms with van der Waals surface area (Å²) in [5.41, 5.74) is 4.30. The molecule has 0 amide bonds. The third-order valence-corrected chi connectivity index (χ3v) is 4.05. The molecule has 15 heavy (non-hydrogen) atoms. The van der Waals surface area contributed by atoms with Crippen LogP contribution < -0.4 is 0 Å². The van der Waals surface area contributed by atoms with Crippen molar-refractivity contribution >= 4 is 11.6 Å². The first kappa shape index (κ1) is 11.0. The molecule has 0 N–H and O–H groups in total. The summed E-state index contributed by atoms with van der Waals surface area (Å²) in [5, 5.41) is 0.248. The number of rotatable bonds is 2. The molecule has 1 aliphatic rings. The molecule has 2 rings (SSSR count). The highest BCUT2D eigenvalue weighted by atomic mass is 35.5. The molecule has 82 valence electrons. The van der Waals surface area contributed by atoms with Crippen LogP contribution in [-0.2, 0) is 6.42 Å². The third-order valence-electron chi connectivity index (χ3n) is 3.59. The van der Waals surface area contributed by atoms with E-state index in [1.807, 2.05) is 0 Å². The third kappa shape index (κ3) is 2.20. The first-order chi connectivity index (χ1) is 7.22. The average Bonchev–Trinajstić information content (AvgIpc) is 2.28. The van der Waals surface area contributed by atoms with Gasteiger partial charge in [0.2, 0.25) is 0 Å². The monoisotopic (exact) mass is 222 g/mol. The van der Waals surface area contributed by atoms with Crippen molar-refractivity contribution in [2.75, 3.05) is 0 Å². The summed E-state index contributed by atoms with van der Waals surface area (Å²) in [5.74, 6) is 0.654. The maximum atomic E-state index is 6.37. The maximum absolute atomic E-state index is 6.37. The van der Waals surface area contributed by atoms with Gasteiger partial charge in [-0.2, -0.15) is 0 Å². The Balaban J connectivity index is 2.35. The minimum Gasteiger partial charge on any atom is -0.118 e. The Bertz CT molecular complexity index is 343. The number of alkyl halides is 1. The molecule has 0 radical (unpaired) electrons. The lowest BCUT2D eigenvalue weighted by atomic mass is 9.87. The molecule has 0 saturated heterocycles. The van der Waals surface area contributed by atoms with Gasteiger partial charge in [-0.3, -0.25) is 0 Å². The van der Waals surface area contributed by atoms with E-state index in [0.29, 0.717) is 5.92 Å². The lowest BCUT2D eigenvalue weighted by molar-refractivity contribution is 0.661. The highest BCUT2D eigenvalue weighted by Crippen LogP contribution is 2.36. The summed E-state index contributed by atoms with van der Waals surface area (Å²) < 4.78 is 0. The van der Waals surface area contributed by atoms with Crippen molar-refractivity contribution in [3.8, 4) is 0 Å². The van der Waals surface area contributed by atoms with Crippen molar-refractivity contribution in [1.29, 1.82) is 0 Å². The molecule has 2 atom stereocenters. The van der Waals surface area contributed by atoms with Gasteiger partial charge < -0.3 is 0 Å². The molecule has 1 aromatic rings. The number of benzene rings is 1. The Kier molecular flexibility index (Phi) is 3.35. The Morgan fingerprint density at radius 3 is 3.00 bits per heavy atom. The number of halogens is 1. The van der Waals surface area contributed by atoms with Gasteiger partial charge in [-0.1, -0.05) is 32.0 Å². The molecule has 1 aliphatic carbocycles. The van der Waals surface area contributed by atoms with E-state index >= 15 is 0 Å². The second-order valence-electron chi connectivity index (χ2n) is 4.63. The minimum atomic E-state index is 0.248. The summed E-state index contributed by atoms with van der Waals surface area (Å²) in [7, 11) is 0. The average molecular weight is 223 g/mol. The van der Waals surface area contributed by atoms with Crippen LogP contribution in [-0.4, -0.2) is 0 Å². The van der Waals surface area contributed by atoms with Crippen LogP contribution in [0.4, 0.5) is 0 Å². The van der Waals surface area contributed by atoms with E-state index in [1.165, 1.54) is 36.0 Å². The van der Waals surface area contributed by atoms with Crippen LogP contribution in [0.5, 0.6) is 0 Å². The highest BCUT2D eigenvalue weighted by Gasteiger charge is 2.18. The molecular weight excluding hydrogens is 204 g/mol. The fourth-order valence-electron chi connectivity index (χ4n) is 2.30. The zero-order valence-electron chi connectivity index (χ0n) is 9.59. The standard InChI is InChI=1S/C14H19Cl/c1-3-10(2)12-8-7-11-5-4-6-14(15)13(11)9-12/h7-10,14H,3-6H2,1-2H3. The van der Waals surface area contributed by atoms with E-state index in [-0.39, 0.29) is 5.38 Å². The van der Waals surface area contributed by atoms with Gasteiger partial charge in [0.25, 0.3) is 0 Å². The van der Waals surface area contributed by atoms with Gasteiger partial charge in [0, 0.05) is 0 Å². The zero-order chi connectivity index (χ0) is 10.8. The molecule has 0 fully saturated rings. The van der Waals surface area contributed by atoms with Gasteiger partial charge in [0.1, 0.15) is 0 Å². The van der Waals surface area contributed by atoms with E-state index in [0.717, 1.165) is 6.42 Å². The predicted molar refractivity (Wildman–Crippen MR) is 66.7 cm³/mol. The van der Waals surface area contributed by atoms with Crippen LogP contribution in [0.2, 0.25) is 0 Å². The van der Waals surface area contributed by atoms with Crippen molar-refractivity contribution in [3.63, 3.8) is 0 Å². The summed E-state index contributed by atoms with van der Waals surface area (Å²) in [6.45, 7) is 4.52. The predicted octanol–water partition coefficient (Wildman–Crippen LogP) is 4.82. The van der Waals surface area contributed by atoms with E-state index in [1.54, 1.807) is 0 Å². The van der Waals surface area contributed by atoms with Crippen LogP contribution in [0.3, 0.4) is 0 Å². The molecular formula is C14H19Cl. The van der Waals surface area contributed by atoms with Crippen LogP contribution in [0, 0.1) is 0 Å². The molecule has 1 heteroatoms. The van der Waals surface area contributed by atoms with Gasteiger partial charge in [-0.15, -0.1) is 11.6 Å². The Labute approximate surface area is 97.6 Å². The SMILES string of the molecule is CCC(C)c1ccc2c(c1)C(Cl)CCC2. The van der Waals surface area contributed by atoms with E-state index in [2.05, 4.69) is 32.0 Å². The summed E-state index contributed by atoms with van der Waals surface area (Å²) >= 11 is 6.37. The number of hydrogen-bond acceptors (Lipinski definition) is 0. The van der Waals surface area contributed by atoms with Crippen LogP contribution in [0.25, 0.3) is 0 Å². The fraction of sp³-hybridized carbons (Fsp3) is 0.571. The van der Waals surface area contributed by atoms with Crippen LogP contribution >= 0.6 is 11.6 Å². The van der Waals surface area contributed by atoms with E-state index in [9.17, 15) is 0 Å². The zero-order valence-corrected chi connectivity index (χ0v) is 10.3. The molecule has 0 bridgehead atoms. The van der Waals surface area contributed by atoms with Crippen molar-refractivity contribution in [3.05, 3.63) is 34.9 Å². The second kappa shape index (κ2) is 4.57. The molecule has 0 saturated carbocycles. The minimum absolute atomic E-state index is 0.248. The quantitative estimate of drug-likeness (QED) is 0.630. The second-order valence-corrected chi connectivity index (χ2v) is 5.15. The Hall–Kier alpha value is -0.490. The number of fused-ring (bicyclic) bond motifs is 1. The topological polar surface area (TPSA) is 0 Å². The molecule has 0 nitrogen and oxygen atoms in total. The van der Waals surface area contributed by atoms with Crippen molar-refractivity contribution in [2.24, 2.45) is 0 Å². The molecule has 0 aliphatic heterocycles. The first-order valence-electron chi connectivity index (χ1n) is 5.99. The molecule has 0 spiro atoms. The molecule has 0 aromatic heterocycles. The summed E-state index contributed by atoms with van der Waals surface area (Å²) in [4.78, 5) is 0. The maximum Gasteiger partial charge on any atom is 0.0588 e. The van der Waals surface area contributed by atoms with Gasteiger partial charge >= 0.3 is 0 Å². The van der Waals surface area contributed by atoms with Gasteiger partial charge in [-0.25, -0.2) is 0 Å². The van der Waals surface area contributed by atoms with Crippen molar-refractivity contribution < 1.29 is 0 Å². The van der Waals surface area contributed by atoms with E-state index < -0.39 is 0 Å². The summed E-state index contributed by atoms with van der Waals surface area (Å²) in [6.07, 6.45) is 4.79. The highest BCUT2D eigenvalue weighted by molar-refractivity contribution is 6.21. The van der Waals surface area contributed by atoms with E-state index in [4.69, 9.17) is 11.6 Å². The Morgan fingerprint density at radius 1 is 1.47 bits per heavy atom. The van der Waals surface area contributed by atoms with Gasteiger partial charge in [0.05, 0.1) is 5.38 Å². The Morgan fingerprint density at radius 2 is 2.27 bits per heavy atom. The molecule has 0 heterocycles. The largest absolute Gasteiger partial charge is 0.118 e. The molecule has 2 unspecified atom stereocenters.